The number of nitrogen functional groups attached to an aromatic ring is 1. The van der Waals surface area contributed by atoms with Crippen molar-refractivity contribution in [2.75, 3.05) is 12.8 Å². The fraction of sp³-hybridized carbons (Fsp3) is 0.136. The number of methoxy groups -OCH3 is 1. The molecule has 0 aliphatic rings. The number of benzene rings is 1. The zero-order valence-corrected chi connectivity index (χ0v) is 18.3. The minimum absolute atomic E-state index is 0.515. The van der Waals surface area contributed by atoms with Gasteiger partial charge in [0.1, 0.15) is 16.3 Å². The van der Waals surface area contributed by atoms with E-state index in [0.29, 0.717) is 18.1 Å². The number of pyridine rings is 1. The number of hydrogen-bond donors (Lipinski definition) is 1. The average molecular weight is 450 g/mol. The second-order valence-electron chi connectivity index (χ2n) is 6.81. The Bertz CT molecular complexity index is 1310. The van der Waals surface area contributed by atoms with Crippen molar-refractivity contribution in [1.29, 1.82) is 0 Å². The molecule has 31 heavy (non-hydrogen) atoms. The van der Waals surface area contributed by atoms with Gasteiger partial charge in [-0.25, -0.2) is 4.98 Å². The van der Waals surface area contributed by atoms with Crippen LogP contribution >= 0.6 is 23.1 Å². The average Bonchev–Trinajstić information content (AvgIpc) is 3.53. The van der Waals surface area contributed by atoms with Crippen LogP contribution in [0.1, 0.15) is 11.3 Å². The molecule has 0 bridgehead atoms. The molecule has 0 aliphatic heterocycles. The monoisotopic (exact) mass is 449 g/mol. The third-order valence-electron chi connectivity index (χ3n) is 4.85. The van der Waals surface area contributed by atoms with Crippen LogP contribution in [0.2, 0.25) is 0 Å². The van der Waals surface area contributed by atoms with E-state index < -0.39 is 0 Å². The second kappa shape index (κ2) is 8.44. The van der Waals surface area contributed by atoms with Crippen LogP contribution in [-0.4, -0.2) is 26.9 Å². The number of ether oxygens (including phenoxy) is 1. The van der Waals surface area contributed by atoms with Gasteiger partial charge in [-0.2, -0.15) is 0 Å². The SMILES string of the molecule is COc1ccc(CSc2nnc(-c3sc4ncccc4c3N)n2Cc2ccco2)cc1. The van der Waals surface area contributed by atoms with Gasteiger partial charge in [0.2, 0.25) is 0 Å². The molecule has 0 spiro atoms. The maximum atomic E-state index is 6.46. The first-order valence-corrected chi connectivity index (χ1v) is 11.4. The molecule has 2 N–H and O–H groups in total. The van der Waals surface area contributed by atoms with Crippen LogP contribution in [0.4, 0.5) is 5.69 Å². The highest BCUT2D eigenvalue weighted by Crippen LogP contribution is 2.40. The molecular weight excluding hydrogens is 430 g/mol. The van der Waals surface area contributed by atoms with Crippen molar-refractivity contribution in [3.63, 3.8) is 0 Å². The van der Waals surface area contributed by atoms with E-state index in [9.17, 15) is 0 Å². The first kappa shape index (κ1) is 19.7. The van der Waals surface area contributed by atoms with Gasteiger partial charge < -0.3 is 14.9 Å². The van der Waals surface area contributed by atoms with E-state index in [1.807, 2.05) is 41.0 Å². The summed E-state index contributed by atoms with van der Waals surface area (Å²) in [5.41, 5.74) is 8.31. The van der Waals surface area contributed by atoms with Crippen molar-refractivity contribution in [1.82, 2.24) is 19.7 Å². The summed E-state index contributed by atoms with van der Waals surface area (Å²) in [4.78, 5) is 6.19. The van der Waals surface area contributed by atoms with Gasteiger partial charge in [0.05, 0.1) is 30.5 Å². The van der Waals surface area contributed by atoms with Gasteiger partial charge in [-0.15, -0.1) is 21.5 Å². The van der Waals surface area contributed by atoms with Crippen molar-refractivity contribution in [3.05, 3.63) is 72.3 Å². The number of aromatic nitrogens is 4. The molecular formula is C22H19N5O2S2. The van der Waals surface area contributed by atoms with Gasteiger partial charge in [-0.1, -0.05) is 23.9 Å². The first-order valence-electron chi connectivity index (χ1n) is 9.57. The van der Waals surface area contributed by atoms with Crippen LogP contribution in [0.25, 0.3) is 20.9 Å². The summed E-state index contributed by atoms with van der Waals surface area (Å²) in [6, 6.07) is 15.7. The molecule has 0 unspecified atom stereocenters. The molecule has 0 radical (unpaired) electrons. The number of hydrogen-bond acceptors (Lipinski definition) is 8. The lowest BCUT2D eigenvalue weighted by molar-refractivity contribution is 0.414. The molecule has 5 rings (SSSR count). The van der Waals surface area contributed by atoms with Gasteiger partial charge in [0.15, 0.2) is 11.0 Å². The smallest absolute Gasteiger partial charge is 0.192 e. The summed E-state index contributed by atoms with van der Waals surface area (Å²) < 4.78 is 12.9. The van der Waals surface area contributed by atoms with Crippen LogP contribution in [0.15, 0.2) is 70.6 Å². The minimum atomic E-state index is 0.515. The van der Waals surface area contributed by atoms with Crippen molar-refractivity contribution in [2.24, 2.45) is 0 Å². The fourth-order valence-corrected chi connectivity index (χ4v) is 5.20. The van der Waals surface area contributed by atoms with Crippen LogP contribution in [-0.2, 0) is 12.3 Å². The number of rotatable bonds is 7. The summed E-state index contributed by atoms with van der Waals surface area (Å²) in [7, 11) is 1.66. The van der Waals surface area contributed by atoms with Gasteiger partial charge >= 0.3 is 0 Å². The maximum Gasteiger partial charge on any atom is 0.192 e. The van der Waals surface area contributed by atoms with E-state index in [1.54, 1.807) is 31.3 Å². The Labute approximate surface area is 186 Å². The normalized spacial score (nSPS) is 11.3. The number of nitrogens with two attached hydrogens (primary N) is 1. The van der Waals surface area contributed by atoms with Crippen LogP contribution in [0.3, 0.4) is 0 Å². The lowest BCUT2D eigenvalue weighted by atomic mass is 10.2. The summed E-state index contributed by atoms with van der Waals surface area (Å²) in [6.45, 7) is 0.515. The van der Waals surface area contributed by atoms with E-state index in [4.69, 9.17) is 14.9 Å². The highest BCUT2D eigenvalue weighted by Gasteiger charge is 2.21. The molecule has 0 aliphatic carbocycles. The number of fused-ring (bicyclic) bond motifs is 1. The zero-order chi connectivity index (χ0) is 21.2. The fourth-order valence-electron chi connectivity index (χ4n) is 3.25. The lowest BCUT2D eigenvalue weighted by Gasteiger charge is -2.09. The molecule has 7 nitrogen and oxygen atoms in total. The molecule has 4 aromatic heterocycles. The third-order valence-corrected chi connectivity index (χ3v) is 7.01. The quantitative estimate of drug-likeness (QED) is 0.346. The maximum absolute atomic E-state index is 6.46. The van der Waals surface area contributed by atoms with Gasteiger partial charge in [0.25, 0.3) is 0 Å². The summed E-state index contributed by atoms with van der Waals surface area (Å²) in [5, 5.41) is 10.7. The molecule has 4 heterocycles. The van der Waals surface area contributed by atoms with Gasteiger partial charge in [0, 0.05) is 17.3 Å². The zero-order valence-electron chi connectivity index (χ0n) is 16.7. The molecule has 9 heteroatoms. The van der Waals surface area contributed by atoms with Crippen LogP contribution < -0.4 is 10.5 Å². The van der Waals surface area contributed by atoms with E-state index in [2.05, 4.69) is 27.3 Å². The predicted octanol–water partition coefficient (Wildman–Crippen LogP) is 5.08. The van der Waals surface area contributed by atoms with Crippen molar-refractivity contribution >= 4 is 39.0 Å². The molecule has 0 amide bonds. The number of furan rings is 1. The summed E-state index contributed by atoms with van der Waals surface area (Å²) >= 11 is 3.14. The van der Waals surface area contributed by atoms with Crippen molar-refractivity contribution in [3.8, 4) is 16.5 Å². The topological polar surface area (TPSA) is 92.0 Å². The van der Waals surface area contributed by atoms with E-state index >= 15 is 0 Å². The van der Waals surface area contributed by atoms with Crippen molar-refractivity contribution in [2.45, 2.75) is 17.5 Å². The molecule has 5 aromatic rings. The number of thioether (sulfide) groups is 1. The number of anilines is 1. The molecule has 0 saturated heterocycles. The van der Waals surface area contributed by atoms with E-state index in [0.717, 1.165) is 37.5 Å². The van der Waals surface area contributed by atoms with Crippen LogP contribution in [0.5, 0.6) is 5.75 Å². The third kappa shape index (κ3) is 3.89. The Morgan fingerprint density at radius 2 is 2.00 bits per heavy atom. The minimum Gasteiger partial charge on any atom is -0.497 e. The standard InChI is InChI=1S/C22H19N5O2S2/c1-28-15-8-6-14(7-9-15)13-30-22-26-25-20(27(22)12-16-4-3-11-29-16)19-18(23)17-5-2-10-24-21(17)31-19/h2-11H,12-13,23H2,1H3. The van der Waals surface area contributed by atoms with Crippen molar-refractivity contribution < 1.29 is 9.15 Å². The lowest BCUT2D eigenvalue weighted by Crippen LogP contribution is -2.03. The number of thiophene rings is 1. The first-order chi connectivity index (χ1) is 15.2. The Morgan fingerprint density at radius 1 is 1.13 bits per heavy atom. The Morgan fingerprint density at radius 3 is 2.74 bits per heavy atom. The molecule has 156 valence electrons. The Balaban J connectivity index is 1.50. The molecule has 0 atom stereocenters. The Kier molecular flexibility index (Phi) is 5.35. The summed E-state index contributed by atoms with van der Waals surface area (Å²) in [6.07, 6.45) is 3.44. The Hall–Kier alpha value is -3.30. The van der Waals surface area contributed by atoms with Gasteiger partial charge in [-0.05, 0) is 42.0 Å². The van der Waals surface area contributed by atoms with E-state index in [1.165, 1.54) is 16.9 Å². The molecule has 0 saturated carbocycles. The molecule has 0 fully saturated rings. The predicted molar refractivity (Wildman–Crippen MR) is 123 cm³/mol. The molecule has 1 aromatic carbocycles. The highest BCUT2D eigenvalue weighted by atomic mass is 32.2. The van der Waals surface area contributed by atoms with E-state index in [-0.39, 0.29) is 0 Å². The highest BCUT2D eigenvalue weighted by molar-refractivity contribution is 7.98. The van der Waals surface area contributed by atoms with Crippen LogP contribution in [0, 0.1) is 0 Å². The van der Waals surface area contributed by atoms with Gasteiger partial charge in [-0.3, -0.25) is 4.57 Å². The number of nitrogens with zero attached hydrogens (tertiary/aromatic N) is 4. The largest absolute Gasteiger partial charge is 0.497 e. The second-order valence-corrected chi connectivity index (χ2v) is 8.75. The summed E-state index contributed by atoms with van der Waals surface area (Å²) in [5.74, 6) is 3.13.